The molecule has 1 aliphatic rings. The topological polar surface area (TPSA) is 73.4 Å². The maximum atomic E-state index is 12.5. The van der Waals surface area contributed by atoms with E-state index in [0.29, 0.717) is 0 Å². The van der Waals surface area contributed by atoms with Crippen LogP contribution in [0.4, 0.5) is 0 Å². The molecule has 4 rings (SSSR count). The van der Waals surface area contributed by atoms with Crippen LogP contribution in [-0.2, 0) is 9.84 Å². The smallest absolute Gasteiger partial charge is 0.199 e. The third-order valence-corrected chi connectivity index (χ3v) is 6.93. The molecule has 2 heterocycles. The third kappa shape index (κ3) is 3.63. The number of aliphatic hydroxyl groups excluding tert-OH is 1. The molecule has 1 aliphatic heterocycles. The lowest BCUT2D eigenvalue weighted by Gasteiger charge is -2.24. The minimum atomic E-state index is -3.49. The van der Waals surface area contributed by atoms with Crippen molar-refractivity contribution in [1.29, 1.82) is 0 Å². The Morgan fingerprint density at radius 2 is 2.00 bits per heavy atom. The van der Waals surface area contributed by atoms with E-state index >= 15 is 0 Å². The fourth-order valence-electron chi connectivity index (χ4n) is 3.91. The van der Waals surface area contributed by atoms with Crippen LogP contribution in [0.25, 0.3) is 17.0 Å². The number of nitrogens with zero attached hydrogens (tertiary/aromatic N) is 1. The fourth-order valence-corrected chi connectivity index (χ4v) is 4.94. The number of aromatic amines is 1. The Kier molecular flexibility index (Phi) is 5.10. The van der Waals surface area contributed by atoms with E-state index in [-0.39, 0.29) is 10.9 Å². The minimum absolute atomic E-state index is 0.108. The highest BCUT2D eigenvalue weighted by Gasteiger charge is 2.30. The van der Waals surface area contributed by atoms with Gasteiger partial charge >= 0.3 is 0 Å². The van der Waals surface area contributed by atoms with Gasteiger partial charge in [-0.1, -0.05) is 24.3 Å². The third-order valence-electron chi connectivity index (χ3n) is 5.51. The number of sulfone groups is 1. The van der Waals surface area contributed by atoms with Crippen LogP contribution >= 0.6 is 0 Å². The number of rotatable bonds is 5. The van der Waals surface area contributed by atoms with Gasteiger partial charge in [0.25, 0.3) is 0 Å². The average Bonchev–Trinajstić information content (AvgIpc) is 3.32. The van der Waals surface area contributed by atoms with E-state index in [1.165, 1.54) is 5.41 Å². The van der Waals surface area contributed by atoms with Crippen LogP contribution in [0.5, 0.6) is 0 Å². The highest BCUT2D eigenvalue weighted by molar-refractivity contribution is 7.94. The zero-order valence-corrected chi connectivity index (χ0v) is 16.6. The van der Waals surface area contributed by atoms with Crippen molar-refractivity contribution in [3.05, 3.63) is 71.3 Å². The lowest BCUT2D eigenvalue weighted by molar-refractivity contribution is 0.0868. The molecule has 2 aromatic carbocycles. The molecule has 1 aromatic heterocycles. The van der Waals surface area contributed by atoms with Crippen LogP contribution < -0.4 is 0 Å². The number of hydrogen-bond acceptors (Lipinski definition) is 4. The van der Waals surface area contributed by atoms with E-state index in [0.717, 1.165) is 41.4 Å². The molecule has 1 fully saturated rings. The van der Waals surface area contributed by atoms with Crippen molar-refractivity contribution in [3.63, 3.8) is 0 Å². The van der Waals surface area contributed by atoms with Crippen molar-refractivity contribution in [3.8, 4) is 0 Å². The van der Waals surface area contributed by atoms with E-state index in [1.807, 2.05) is 31.4 Å². The standard InChI is InChI=1S/C22H24N2O3S/c1-24-12-5-8-21(24)22(25)19-15-23-20-10-9-16(14-18(19)20)11-13-28(26,27)17-6-3-2-4-7-17/h2-4,6-7,9-11,13-15,21-23,25H,5,8,12H2,1H3/b13-11+. The van der Waals surface area contributed by atoms with Crippen molar-refractivity contribution in [2.24, 2.45) is 0 Å². The van der Waals surface area contributed by atoms with E-state index in [1.54, 1.807) is 36.4 Å². The van der Waals surface area contributed by atoms with Gasteiger partial charge in [-0.25, -0.2) is 8.42 Å². The molecule has 2 N–H and O–H groups in total. The molecule has 2 unspecified atom stereocenters. The highest BCUT2D eigenvalue weighted by Crippen LogP contribution is 2.33. The number of H-pyrrole nitrogens is 1. The lowest BCUT2D eigenvalue weighted by Crippen LogP contribution is -2.30. The van der Waals surface area contributed by atoms with Gasteiger partial charge in [0.15, 0.2) is 9.84 Å². The van der Waals surface area contributed by atoms with E-state index in [9.17, 15) is 13.5 Å². The Bertz CT molecular complexity index is 1100. The maximum Gasteiger partial charge on any atom is 0.199 e. The molecule has 0 aliphatic carbocycles. The molecule has 1 saturated heterocycles. The predicted octanol–water partition coefficient (Wildman–Crippen LogP) is 3.74. The number of likely N-dealkylation sites (tertiary alicyclic amines) is 1. The molecule has 6 heteroatoms. The highest BCUT2D eigenvalue weighted by atomic mass is 32.2. The average molecular weight is 397 g/mol. The van der Waals surface area contributed by atoms with Crippen LogP contribution in [-0.4, -0.2) is 43.0 Å². The van der Waals surface area contributed by atoms with Gasteiger partial charge in [-0.2, -0.15) is 0 Å². The number of aliphatic hydroxyl groups is 1. The lowest BCUT2D eigenvalue weighted by atomic mass is 9.99. The van der Waals surface area contributed by atoms with Gasteiger partial charge in [0.1, 0.15) is 0 Å². The summed E-state index contributed by atoms with van der Waals surface area (Å²) in [6, 6.07) is 14.2. The summed E-state index contributed by atoms with van der Waals surface area (Å²) in [5.41, 5.74) is 2.56. The Balaban J connectivity index is 1.64. The van der Waals surface area contributed by atoms with Crippen LogP contribution in [0.2, 0.25) is 0 Å². The molecule has 0 amide bonds. The zero-order chi connectivity index (χ0) is 19.7. The second-order valence-corrected chi connectivity index (χ2v) is 9.18. The van der Waals surface area contributed by atoms with E-state index in [4.69, 9.17) is 0 Å². The van der Waals surface area contributed by atoms with Gasteiger partial charge < -0.3 is 15.0 Å². The van der Waals surface area contributed by atoms with Crippen molar-refractivity contribution < 1.29 is 13.5 Å². The first kappa shape index (κ1) is 18.9. The van der Waals surface area contributed by atoms with Gasteiger partial charge in [-0.3, -0.25) is 0 Å². The first-order valence-electron chi connectivity index (χ1n) is 9.43. The van der Waals surface area contributed by atoms with Gasteiger partial charge in [-0.15, -0.1) is 0 Å². The molecular formula is C22H24N2O3S. The van der Waals surface area contributed by atoms with E-state index in [2.05, 4.69) is 9.88 Å². The summed E-state index contributed by atoms with van der Waals surface area (Å²) in [6.45, 7) is 0.995. The van der Waals surface area contributed by atoms with Crippen LogP contribution in [0.3, 0.4) is 0 Å². The minimum Gasteiger partial charge on any atom is -0.387 e. The fraction of sp³-hybridized carbons (Fsp3) is 0.273. The first-order valence-corrected chi connectivity index (χ1v) is 11.0. The largest absolute Gasteiger partial charge is 0.387 e. The quantitative estimate of drug-likeness (QED) is 0.689. The Hall–Kier alpha value is -2.41. The molecule has 3 aromatic rings. The number of hydrogen-bond donors (Lipinski definition) is 2. The molecule has 2 atom stereocenters. The maximum absolute atomic E-state index is 12.5. The summed E-state index contributed by atoms with van der Waals surface area (Å²) in [5, 5.41) is 13.1. The van der Waals surface area contributed by atoms with Crippen molar-refractivity contribution in [2.45, 2.75) is 29.9 Å². The Morgan fingerprint density at radius 3 is 2.71 bits per heavy atom. The monoisotopic (exact) mass is 396 g/mol. The van der Waals surface area contributed by atoms with Crippen molar-refractivity contribution in [1.82, 2.24) is 9.88 Å². The number of fused-ring (bicyclic) bond motifs is 1. The molecule has 5 nitrogen and oxygen atoms in total. The molecule has 0 bridgehead atoms. The summed E-state index contributed by atoms with van der Waals surface area (Å²) >= 11 is 0. The van der Waals surface area contributed by atoms with E-state index < -0.39 is 15.9 Å². The van der Waals surface area contributed by atoms with Crippen molar-refractivity contribution >= 4 is 26.8 Å². The number of aromatic nitrogens is 1. The molecule has 0 spiro atoms. The molecule has 28 heavy (non-hydrogen) atoms. The number of benzene rings is 2. The summed E-state index contributed by atoms with van der Waals surface area (Å²) in [4.78, 5) is 5.68. The van der Waals surface area contributed by atoms with Gasteiger partial charge in [0, 0.05) is 34.1 Å². The summed E-state index contributed by atoms with van der Waals surface area (Å²) in [5.74, 6) is 0. The van der Waals surface area contributed by atoms with Gasteiger partial charge in [0.05, 0.1) is 11.0 Å². The Morgan fingerprint density at radius 1 is 1.21 bits per heavy atom. The second kappa shape index (κ2) is 7.54. The summed E-state index contributed by atoms with van der Waals surface area (Å²) in [6.07, 6.45) is 4.95. The van der Waals surface area contributed by atoms with Crippen molar-refractivity contribution in [2.75, 3.05) is 13.6 Å². The zero-order valence-electron chi connectivity index (χ0n) is 15.7. The number of likely N-dealkylation sites (N-methyl/N-ethyl adjacent to an activating group) is 1. The molecule has 0 saturated carbocycles. The summed E-state index contributed by atoms with van der Waals surface area (Å²) in [7, 11) is -1.45. The first-order chi connectivity index (χ1) is 13.5. The van der Waals surface area contributed by atoms with Crippen LogP contribution in [0, 0.1) is 0 Å². The molecule has 146 valence electrons. The molecular weight excluding hydrogens is 372 g/mol. The predicted molar refractivity (Wildman–Crippen MR) is 112 cm³/mol. The van der Waals surface area contributed by atoms with Gasteiger partial charge in [0.2, 0.25) is 0 Å². The number of nitrogens with one attached hydrogen (secondary N) is 1. The SMILES string of the molecule is CN1CCCC1C(O)c1c[nH]c2ccc(/C=C/S(=O)(=O)c3ccccc3)cc12. The van der Waals surface area contributed by atoms with Crippen LogP contribution in [0.1, 0.15) is 30.1 Å². The second-order valence-electron chi connectivity index (χ2n) is 7.34. The van der Waals surface area contributed by atoms with Crippen LogP contribution in [0.15, 0.2) is 65.0 Å². The normalized spacial score (nSPS) is 19.6. The van der Waals surface area contributed by atoms with Gasteiger partial charge in [-0.05, 0) is 62.3 Å². The Labute approximate surface area is 165 Å². The molecule has 0 radical (unpaired) electrons. The summed E-state index contributed by atoms with van der Waals surface area (Å²) < 4.78 is 24.9.